The summed E-state index contributed by atoms with van der Waals surface area (Å²) in [4.78, 5) is 0. The lowest BCUT2D eigenvalue weighted by atomic mass is 9.40. The van der Waals surface area contributed by atoms with E-state index in [2.05, 4.69) is 0 Å². The molecule has 1 nitrogen and oxygen atoms in total. The van der Waals surface area contributed by atoms with Gasteiger partial charge in [-0.15, -0.1) is 0 Å². The van der Waals surface area contributed by atoms with Crippen LogP contribution in [0.15, 0.2) is 48.5 Å². The molecule has 126 valence electrons. The lowest BCUT2D eigenvalue weighted by Crippen LogP contribution is -2.75. The zero-order valence-electron chi connectivity index (χ0n) is 12.9. The van der Waals surface area contributed by atoms with Crippen molar-refractivity contribution in [3.8, 4) is 5.75 Å². The molecule has 2 aromatic rings. The van der Waals surface area contributed by atoms with Gasteiger partial charge in [-0.05, 0) is 29.3 Å². The average Bonchev–Trinajstić information content (AvgIpc) is 2.43. The SMILES string of the molecule is FC(F)(F)C12CC(Oc3ccc(Cl)cc3Cc3ccccc3)(C1)C2. The van der Waals surface area contributed by atoms with Gasteiger partial charge in [0.2, 0.25) is 0 Å². The number of rotatable bonds is 4. The molecule has 3 fully saturated rings. The van der Waals surface area contributed by atoms with Crippen LogP contribution in [0.2, 0.25) is 5.02 Å². The second-order valence-electron chi connectivity index (χ2n) is 7.01. The monoisotopic (exact) mass is 352 g/mol. The van der Waals surface area contributed by atoms with Crippen molar-refractivity contribution in [3.63, 3.8) is 0 Å². The van der Waals surface area contributed by atoms with E-state index in [1.54, 1.807) is 12.1 Å². The van der Waals surface area contributed by atoms with E-state index in [9.17, 15) is 13.2 Å². The van der Waals surface area contributed by atoms with Crippen LogP contribution in [0, 0.1) is 5.41 Å². The minimum atomic E-state index is -4.12. The van der Waals surface area contributed by atoms with Crippen molar-refractivity contribution in [2.75, 3.05) is 0 Å². The van der Waals surface area contributed by atoms with E-state index in [1.165, 1.54) is 0 Å². The van der Waals surface area contributed by atoms with E-state index in [0.29, 0.717) is 17.2 Å². The van der Waals surface area contributed by atoms with Crippen LogP contribution in [0.4, 0.5) is 13.2 Å². The van der Waals surface area contributed by atoms with Crippen molar-refractivity contribution in [1.29, 1.82) is 0 Å². The molecule has 2 aromatic carbocycles. The van der Waals surface area contributed by atoms with Crippen LogP contribution >= 0.6 is 11.6 Å². The molecule has 3 aliphatic carbocycles. The molecule has 0 amide bonds. The third kappa shape index (κ3) is 2.48. The van der Waals surface area contributed by atoms with E-state index in [4.69, 9.17) is 16.3 Å². The van der Waals surface area contributed by atoms with Gasteiger partial charge in [0.15, 0.2) is 0 Å². The maximum atomic E-state index is 13.0. The summed E-state index contributed by atoms with van der Waals surface area (Å²) >= 11 is 6.09. The molecule has 3 aliphatic rings. The van der Waals surface area contributed by atoms with Crippen LogP contribution in [-0.4, -0.2) is 11.8 Å². The van der Waals surface area contributed by atoms with Crippen LogP contribution < -0.4 is 4.74 Å². The zero-order chi connectivity index (χ0) is 17.0. The molecule has 0 heterocycles. The van der Waals surface area contributed by atoms with Crippen molar-refractivity contribution < 1.29 is 17.9 Å². The van der Waals surface area contributed by atoms with Crippen LogP contribution in [0.25, 0.3) is 0 Å². The molecule has 0 atom stereocenters. The van der Waals surface area contributed by atoms with Crippen molar-refractivity contribution in [1.82, 2.24) is 0 Å². The van der Waals surface area contributed by atoms with Crippen molar-refractivity contribution in [2.45, 2.75) is 37.5 Å². The van der Waals surface area contributed by atoms with Gasteiger partial charge in [-0.3, -0.25) is 0 Å². The van der Waals surface area contributed by atoms with E-state index < -0.39 is 17.2 Å². The molecule has 0 aliphatic heterocycles. The Balaban J connectivity index is 1.53. The van der Waals surface area contributed by atoms with Gasteiger partial charge in [0.25, 0.3) is 0 Å². The summed E-state index contributed by atoms with van der Waals surface area (Å²) in [5.74, 6) is 0.638. The summed E-state index contributed by atoms with van der Waals surface area (Å²) in [6, 6.07) is 15.2. The molecule has 0 spiro atoms. The van der Waals surface area contributed by atoms with E-state index in [0.717, 1.165) is 11.1 Å². The van der Waals surface area contributed by atoms with Gasteiger partial charge >= 0.3 is 6.18 Å². The summed E-state index contributed by atoms with van der Waals surface area (Å²) in [6.07, 6.45) is -3.28. The molecule has 24 heavy (non-hydrogen) atoms. The van der Waals surface area contributed by atoms with Crippen molar-refractivity contribution >= 4 is 11.6 Å². The summed E-state index contributed by atoms with van der Waals surface area (Å²) < 4.78 is 45.0. The predicted molar refractivity (Wildman–Crippen MR) is 86.4 cm³/mol. The van der Waals surface area contributed by atoms with Gasteiger partial charge in [0, 0.05) is 30.7 Å². The predicted octanol–water partition coefficient (Wildman–Crippen LogP) is 5.79. The topological polar surface area (TPSA) is 9.23 Å². The number of hydrogen-bond donors (Lipinski definition) is 0. The Hall–Kier alpha value is -1.68. The molecule has 5 rings (SSSR count). The molecular weight excluding hydrogens is 337 g/mol. The Bertz CT molecular complexity index is 750. The number of benzene rings is 2. The minimum Gasteiger partial charge on any atom is -0.487 e. The van der Waals surface area contributed by atoms with Crippen molar-refractivity contribution in [2.24, 2.45) is 5.41 Å². The summed E-state index contributed by atoms with van der Waals surface area (Å²) in [7, 11) is 0. The largest absolute Gasteiger partial charge is 0.487 e. The highest BCUT2D eigenvalue weighted by molar-refractivity contribution is 6.30. The summed E-state index contributed by atoms with van der Waals surface area (Å²) in [6.45, 7) is 0. The summed E-state index contributed by atoms with van der Waals surface area (Å²) in [5, 5.41) is 0.595. The van der Waals surface area contributed by atoms with Crippen LogP contribution in [0.3, 0.4) is 0 Å². The lowest BCUT2D eigenvalue weighted by molar-refractivity contribution is -0.373. The first-order valence-corrected chi connectivity index (χ1v) is 8.27. The highest BCUT2D eigenvalue weighted by atomic mass is 35.5. The molecule has 0 unspecified atom stereocenters. The number of ether oxygens (including phenoxy) is 1. The Kier molecular flexibility index (Phi) is 3.40. The maximum absolute atomic E-state index is 13.0. The second-order valence-corrected chi connectivity index (χ2v) is 7.44. The minimum absolute atomic E-state index is 0.0664. The smallest absolute Gasteiger partial charge is 0.394 e. The molecule has 0 N–H and O–H groups in total. The fourth-order valence-corrected chi connectivity index (χ4v) is 4.13. The molecule has 0 radical (unpaired) electrons. The average molecular weight is 353 g/mol. The first-order valence-electron chi connectivity index (χ1n) is 7.89. The molecule has 3 saturated carbocycles. The molecule has 5 heteroatoms. The zero-order valence-corrected chi connectivity index (χ0v) is 13.6. The third-order valence-corrected chi connectivity index (χ3v) is 5.40. The van der Waals surface area contributed by atoms with Crippen LogP contribution in [-0.2, 0) is 6.42 Å². The van der Waals surface area contributed by atoms with Gasteiger partial charge in [0.05, 0.1) is 5.41 Å². The van der Waals surface area contributed by atoms with Gasteiger partial charge in [-0.25, -0.2) is 0 Å². The fourth-order valence-electron chi connectivity index (χ4n) is 3.94. The number of alkyl halides is 3. The maximum Gasteiger partial charge on any atom is 0.394 e. The Morgan fingerprint density at radius 2 is 1.67 bits per heavy atom. The van der Waals surface area contributed by atoms with Crippen LogP contribution in [0.1, 0.15) is 30.4 Å². The number of halogens is 4. The highest BCUT2D eigenvalue weighted by Crippen LogP contribution is 2.74. The van der Waals surface area contributed by atoms with Gasteiger partial charge < -0.3 is 4.74 Å². The fraction of sp³-hybridized carbons (Fsp3) is 0.368. The Labute approximate surface area is 143 Å². The van der Waals surface area contributed by atoms with E-state index in [-0.39, 0.29) is 19.3 Å². The Morgan fingerprint density at radius 3 is 2.29 bits per heavy atom. The van der Waals surface area contributed by atoms with Gasteiger partial charge in [-0.2, -0.15) is 13.2 Å². The standard InChI is InChI=1S/C19H16ClF3O/c20-15-6-7-16(14(9-15)8-13-4-2-1-3-5-13)24-18-10-17(11-18,12-18)19(21,22)23/h1-7,9H,8,10-12H2. The number of hydrogen-bond acceptors (Lipinski definition) is 1. The van der Waals surface area contributed by atoms with Gasteiger partial charge in [0.1, 0.15) is 11.4 Å². The first kappa shape index (κ1) is 15.8. The first-order chi connectivity index (χ1) is 11.3. The highest BCUT2D eigenvalue weighted by Gasteiger charge is 2.80. The molecule has 2 bridgehead atoms. The summed E-state index contributed by atoms with van der Waals surface area (Å²) in [5.41, 5.74) is -0.137. The normalized spacial score (nSPS) is 28.0. The molecule has 0 saturated heterocycles. The molecular formula is C19H16ClF3O. The lowest BCUT2D eigenvalue weighted by Gasteiger charge is -2.69. The van der Waals surface area contributed by atoms with Gasteiger partial charge in [-0.1, -0.05) is 41.9 Å². The molecule has 0 aromatic heterocycles. The van der Waals surface area contributed by atoms with Crippen molar-refractivity contribution in [3.05, 3.63) is 64.7 Å². The Morgan fingerprint density at radius 1 is 1.00 bits per heavy atom. The van der Waals surface area contributed by atoms with Crippen LogP contribution in [0.5, 0.6) is 5.75 Å². The third-order valence-electron chi connectivity index (χ3n) is 5.17. The van der Waals surface area contributed by atoms with E-state index >= 15 is 0 Å². The quantitative estimate of drug-likeness (QED) is 0.676. The van der Waals surface area contributed by atoms with E-state index in [1.807, 2.05) is 36.4 Å². The second kappa shape index (κ2) is 5.16.